The van der Waals surface area contributed by atoms with E-state index in [4.69, 9.17) is 5.11 Å². The Labute approximate surface area is 147 Å². The summed E-state index contributed by atoms with van der Waals surface area (Å²) in [6, 6.07) is 12.1. The lowest BCUT2D eigenvalue weighted by Crippen LogP contribution is -2.10. The van der Waals surface area contributed by atoms with Gasteiger partial charge in [0.15, 0.2) is 0 Å². The van der Waals surface area contributed by atoms with Gasteiger partial charge in [0, 0.05) is 18.5 Å². The number of hydrogen-bond acceptors (Lipinski definition) is 4. The highest BCUT2D eigenvalue weighted by molar-refractivity contribution is 5.87. The van der Waals surface area contributed by atoms with Crippen LogP contribution in [0, 0.1) is 5.82 Å². The number of para-hydroxylation sites is 2. The molecule has 0 spiro atoms. The van der Waals surface area contributed by atoms with Crippen molar-refractivity contribution < 1.29 is 9.50 Å². The number of H-pyrrole nitrogens is 2. The second kappa shape index (κ2) is 6.61. The average molecular weight is 352 g/mol. The van der Waals surface area contributed by atoms with Gasteiger partial charge in [-0.1, -0.05) is 12.1 Å². The summed E-state index contributed by atoms with van der Waals surface area (Å²) in [4.78, 5) is 22.8. The maximum absolute atomic E-state index is 14.3. The molecule has 0 saturated heterocycles. The summed E-state index contributed by atoms with van der Waals surface area (Å²) in [5.74, 6) is 0.0259. The Morgan fingerprint density at radius 2 is 1.96 bits per heavy atom. The fraction of sp³-hybridized carbons (Fsp3) is 0.158. The Morgan fingerprint density at radius 1 is 1.12 bits per heavy atom. The van der Waals surface area contributed by atoms with Crippen LogP contribution in [0.15, 0.2) is 47.3 Å². The number of aliphatic hydroxyl groups excluding tert-OH is 1. The highest BCUT2D eigenvalue weighted by atomic mass is 19.1. The first-order valence-corrected chi connectivity index (χ1v) is 8.32. The van der Waals surface area contributed by atoms with Gasteiger partial charge in [0.25, 0.3) is 5.56 Å². The van der Waals surface area contributed by atoms with Gasteiger partial charge in [0.05, 0.1) is 27.8 Å². The molecule has 0 atom stereocenters. The van der Waals surface area contributed by atoms with Gasteiger partial charge in [-0.25, -0.2) is 9.37 Å². The lowest BCUT2D eigenvalue weighted by molar-refractivity contribution is 0.292. The molecule has 26 heavy (non-hydrogen) atoms. The van der Waals surface area contributed by atoms with Crippen molar-refractivity contribution in [3.05, 3.63) is 58.6 Å². The number of aromatic nitrogens is 3. The van der Waals surface area contributed by atoms with Crippen LogP contribution < -0.4 is 10.9 Å². The Bertz CT molecular complexity index is 1120. The summed E-state index contributed by atoms with van der Waals surface area (Å²) in [5.41, 5.74) is 2.47. The molecule has 2 aromatic carbocycles. The van der Waals surface area contributed by atoms with Crippen LogP contribution in [-0.2, 0) is 0 Å². The molecule has 0 saturated carbocycles. The van der Waals surface area contributed by atoms with Gasteiger partial charge < -0.3 is 20.4 Å². The summed E-state index contributed by atoms with van der Waals surface area (Å²) in [5, 5.41) is 12.3. The first kappa shape index (κ1) is 16.3. The van der Waals surface area contributed by atoms with E-state index < -0.39 is 5.82 Å². The molecule has 0 amide bonds. The van der Waals surface area contributed by atoms with Gasteiger partial charge in [0.1, 0.15) is 11.6 Å². The monoisotopic (exact) mass is 352 g/mol. The molecule has 4 rings (SSSR count). The van der Waals surface area contributed by atoms with Crippen molar-refractivity contribution >= 4 is 27.6 Å². The van der Waals surface area contributed by atoms with Crippen molar-refractivity contribution in [2.45, 2.75) is 6.42 Å². The van der Waals surface area contributed by atoms with E-state index in [0.29, 0.717) is 35.3 Å². The van der Waals surface area contributed by atoms with E-state index in [9.17, 15) is 9.18 Å². The highest BCUT2D eigenvalue weighted by Gasteiger charge is 2.12. The van der Waals surface area contributed by atoms with Crippen LogP contribution >= 0.6 is 0 Å². The minimum absolute atomic E-state index is 0.0277. The minimum atomic E-state index is -0.418. The fourth-order valence-corrected chi connectivity index (χ4v) is 2.92. The second-order valence-corrected chi connectivity index (χ2v) is 6.04. The molecule has 0 unspecified atom stereocenters. The zero-order valence-corrected chi connectivity index (χ0v) is 13.8. The summed E-state index contributed by atoms with van der Waals surface area (Å²) in [6.07, 6.45) is 0.513. The number of anilines is 1. The van der Waals surface area contributed by atoms with Gasteiger partial charge >= 0.3 is 0 Å². The Morgan fingerprint density at radius 3 is 2.77 bits per heavy atom. The first-order valence-electron chi connectivity index (χ1n) is 8.32. The number of nitrogens with zero attached hydrogens (tertiary/aromatic N) is 1. The van der Waals surface area contributed by atoms with Crippen LogP contribution in [-0.4, -0.2) is 33.2 Å². The molecule has 0 fully saturated rings. The normalized spacial score (nSPS) is 11.3. The third kappa shape index (κ3) is 2.93. The van der Waals surface area contributed by atoms with E-state index in [0.717, 1.165) is 11.0 Å². The van der Waals surface area contributed by atoms with Crippen molar-refractivity contribution in [3.8, 4) is 11.4 Å². The summed E-state index contributed by atoms with van der Waals surface area (Å²) < 4.78 is 14.3. The molecule has 0 radical (unpaired) electrons. The van der Waals surface area contributed by atoms with Crippen LogP contribution in [0.5, 0.6) is 0 Å². The van der Waals surface area contributed by atoms with Crippen LogP contribution in [0.25, 0.3) is 33.3 Å². The van der Waals surface area contributed by atoms with E-state index in [1.54, 1.807) is 12.1 Å². The predicted molar refractivity (Wildman–Crippen MR) is 99.8 cm³/mol. The Kier molecular flexibility index (Phi) is 4.14. The fourth-order valence-electron chi connectivity index (χ4n) is 2.92. The molecule has 0 bridgehead atoms. The van der Waals surface area contributed by atoms with Crippen molar-refractivity contribution in [1.82, 2.24) is 15.0 Å². The molecule has 0 aliphatic rings. The molecule has 7 heteroatoms. The molecule has 2 aromatic heterocycles. The topological polar surface area (TPSA) is 93.8 Å². The standard InChI is InChI=1S/C19H17FN4O2/c20-13-9-11-8-12(18-22-14-4-1-2-5-15(14)23-18)19(26)24-16(11)10-17(13)21-6-3-7-25/h1-2,4-5,8-10,21,25H,3,6-7H2,(H,22,23)(H,24,26). The van der Waals surface area contributed by atoms with Gasteiger partial charge in [-0.05, 0) is 36.8 Å². The molecular weight excluding hydrogens is 335 g/mol. The number of pyridine rings is 1. The molecule has 0 aliphatic carbocycles. The van der Waals surface area contributed by atoms with Crippen molar-refractivity contribution in [3.63, 3.8) is 0 Å². The minimum Gasteiger partial charge on any atom is -0.396 e. The molecule has 132 valence electrons. The molecule has 4 aromatic rings. The van der Waals surface area contributed by atoms with E-state index in [-0.39, 0.29) is 17.9 Å². The number of nitrogens with one attached hydrogen (secondary N) is 3. The third-order valence-corrected chi connectivity index (χ3v) is 4.23. The highest BCUT2D eigenvalue weighted by Crippen LogP contribution is 2.24. The van der Waals surface area contributed by atoms with Crippen LogP contribution in [0.1, 0.15) is 6.42 Å². The maximum Gasteiger partial charge on any atom is 0.259 e. The smallest absolute Gasteiger partial charge is 0.259 e. The zero-order valence-electron chi connectivity index (χ0n) is 13.8. The van der Waals surface area contributed by atoms with Gasteiger partial charge in [-0.3, -0.25) is 4.79 Å². The average Bonchev–Trinajstić information content (AvgIpc) is 3.06. The molecule has 4 N–H and O–H groups in total. The van der Waals surface area contributed by atoms with Crippen molar-refractivity contribution in [2.24, 2.45) is 0 Å². The SMILES string of the molecule is O=c1[nH]c2cc(NCCCO)c(F)cc2cc1-c1nc2ccccc2[nH]1. The molecule has 6 nitrogen and oxygen atoms in total. The lowest BCUT2D eigenvalue weighted by atomic mass is 10.1. The number of rotatable bonds is 5. The van der Waals surface area contributed by atoms with E-state index in [2.05, 4.69) is 20.3 Å². The third-order valence-electron chi connectivity index (χ3n) is 4.23. The summed E-state index contributed by atoms with van der Waals surface area (Å²) in [7, 11) is 0. The molecule has 0 aliphatic heterocycles. The zero-order chi connectivity index (χ0) is 18.1. The number of fused-ring (bicyclic) bond motifs is 2. The quantitative estimate of drug-likeness (QED) is 0.415. The maximum atomic E-state index is 14.3. The lowest BCUT2D eigenvalue weighted by Gasteiger charge is -2.09. The number of imidazole rings is 1. The van der Waals surface area contributed by atoms with Gasteiger partial charge in [-0.2, -0.15) is 0 Å². The van der Waals surface area contributed by atoms with Gasteiger partial charge in [-0.15, -0.1) is 0 Å². The number of halogens is 1. The van der Waals surface area contributed by atoms with Crippen LogP contribution in [0.3, 0.4) is 0 Å². The number of aliphatic hydroxyl groups is 1. The summed E-state index contributed by atoms with van der Waals surface area (Å²) >= 11 is 0. The Balaban J connectivity index is 1.78. The number of benzene rings is 2. The van der Waals surface area contributed by atoms with E-state index in [1.807, 2.05) is 24.3 Å². The van der Waals surface area contributed by atoms with Crippen LogP contribution in [0.4, 0.5) is 10.1 Å². The predicted octanol–water partition coefficient (Wildman–Crippen LogP) is 3.00. The Hall–Kier alpha value is -3.19. The van der Waals surface area contributed by atoms with Crippen molar-refractivity contribution in [2.75, 3.05) is 18.5 Å². The largest absolute Gasteiger partial charge is 0.396 e. The number of hydrogen-bond donors (Lipinski definition) is 4. The van der Waals surface area contributed by atoms with E-state index >= 15 is 0 Å². The van der Waals surface area contributed by atoms with E-state index in [1.165, 1.54) is 6.07 Å². The second-order valence-electron chi connectivity index (χ2n) is 6.04. The first-order chi connectivity index (χ1) is 12.7. The molecule has 2 heterocycles. The van der Waals surface area contributed by atoms with Gasteiger partial charge in [0.2, 0.25) is 0 Å². The van der Waals surface area contributed by atoms with Crippen LogP contribution in [0.2, 0.25) is 0 Å². The number of aromatic amines is 2. The molecular formula is C19H17FN4O2. The van der Waals surface area contributed by atoms with Crippen molar-refractivity contribution in [1.29, 1.82) is 0 Å². The summed E-state index contributed by atoms with van der Waals surface area (Å²) in [6.45, 7) is 0.472.